The van der Waals surface area contributed by atoms with Crippen LogP contribution in [0.2, 0.25) is 5.02 Å². The van der Waals surface area contributed by atoms with Crippen LogP contribution in [0.4, 0.5) is 0 Å². The monoisotopic (exact) mass is 503 g/mol. The summed E-state index contributed by atoms with van der Waals surface area (Å²) in [6.07, 6.45) is 2.39. The first-order valence-electron chi connectivity index (χ1n) is 11.5. The summed E-state index contributed by atoms with van der Waals surface area (Å²) in [6, 6.07) is 27.5. The van der Waals surface area contributed by atoms with Gasteiger partial charge >= 0.3 is 0 Å². The van der Waals surface area contributed by atoms with Crippen LogP contribution in [0.5, 0.6) is 0 Å². The van der Waals surface area contributed by atoms with E-state index in [1.54, 1.807) is 12.3 Å². The molecule has 0 bridgehead atoms. The van der Waals surface area contributed by atoms with E-state index in [0.29, 0.717) is 10.6 Å². The van der Waals surface area contributed by atoms with Gasteiger partial charge in [-0.25, -0.2) is 0 Å². The quantitative estimate of drug-likeness (QED) is 0.336. The first-order valence-corrected chi connectivity index (χ1v) is 13.4. The van der Waals surface area contributed by atoms with E-state index in [-0.39, 0.29) is 18.0 Å². The lowest BCUT2D eigenvalue weighted by Crippen LogP contribution is -2.42. The molecule has 4 nitrogen and oxygen atoms in total. The van der Waals surface area contributed by atoms with Crippen molar-refractivity contribution < 1.29 is 4.55 Å². The Balaban J connectivity index is 2.01. The number of halogens is 1. The predicted octanol–water partition coefficient (Wildman–Crippen LogP) is 6.54. The van der Waals surface area contributed by atoms with Crippen molar-refractivity contribution in [1.29, 1.82) is 10.5 Å². The van der Waals surface area contributed by atoms with E-state index in [1.165, 1.54) is 0 Å². The molecule has 0 aliphatic rings. The van der Waals surface area contributed by atoms with Gasteiger partial charge in [-0.05, 0) is 91.5 Å². The van der Waals surface area contributed by atoms with Crippen LogP contribution in [0.25, 0.3) is 0 Å². The largest absolute Gasteiger partial charge is 0.612 e. The first-order chi connectivity index (χ1) is 16.6. The summed E-state index contributed by atoms with van der Waals surface area (Å²) >= 11 is 4.98. The van der Waals surface area contributed by atoms with Gasteiger partial charge in [0.05, 0.1) is 29.2 Å². The molecule has 4 atom stereocenters. The van der Waals surface area contributed by atoms with Crippen LogP contribution in [-0.4, -0.2) is 16.9 Å². The predicted molar refractivity (Wildman–Crippen MR) is 143 cm³/mol. The van der Waals surface area contributed by atoms with Gasteiger partial charge in [0.25, 0.3) is 0 Å². The molecule has 3 aromatic rings. The standard InChI is InChI=1S/C29H30ClN3OS/c1-20(33-28(29(2,3)19-32)24-9-6-10-26(17-24)35(4)34)27(16-21-11-13-25(30)14-12-21)23-8-5-7-22(15-23)18-31/h5-15,17,20,27-28,33H,16H2,1-4H3/t20-,27+,28?,35?/m0/s1. The second-order valence-corrected chi connectivity index (χ2v) is 11.2. The smallest absolute Gasteiger partial charge is 0.152 e. The SMILES string of the molecule is C[C@H](NC(c1cccc([S+](C)[O-])c1)C(C)(C)C#N)[C@@H](Cc1ccc(Cl)cc1)c1cccc(C#N)c1. The molecule has 3 rings (SSSR count). The topological polar surface area (TPSA) is 82.7 Å². The minimum atomic E-state index is -1.12. The lowest BCUT2D eigenvalue weighted by Gasteiger charge is -2.36. The van der Waals surface area contributed by atoms with Crippen LogP contribution in [-0.2, 0) is 17.6 Å². The summed E-state index contributed by atoms with van der Waals surface area (Å²) in [7, 11) is 0. The zero-order valence-corrected chi connectivity index (χ0v) is 22.0. The van der Waals surface area contributed by atoms with E-state index in [4.69, 9.17) is 11.6 Å². The van der Waals surface area contributed by atoms with E-state index in [9.17, 15) is 15.1 Å². The fraction of sp³-hybridized carbons (Fsp3) is 0.310. The van der Waals surface area contributed by atoms with Crippen molar-refractivity contribution in [2.75, 3.05) is 6.26 Å². The second-order valence-electron chi connectivity index (χ2n) is 9.42. The molecule has 0 aliphatic carbocycles. The Bertz CT molecular complexity index is 1230. The Morgan fingerprint density at radius 1 is 1.00 bits per heavy atom. The van der Waals surface area contributed by atoms with Crippen LogP contribution in [0.1, 0.15) is 55.0 Å². The minimum Gasteiger partial charge on any atom is -0.612 e. The third-order valence-electron chi connectivity index (χ3n) is 6.38. The number of benzene rings is 3. The molecule has 0 saturated heterocycles. The van der Waals surface area contributed by atoms with Crippen molar-refractivity contribution in [2.45, 2.75) is 50.1 Å². The van der Waals surface area contributed by atoms with E-state index >= 15 is 0 Å². The molecular weight excluding hydrogens is 474 g/mol. The highest BCUT2D eigenvalue weighted by Gasteiger charge is 2.34. The number of nitriles is 2. The Hall–Kier alpha value is -2.80. The van der Waals surface area contributed by atoms with Gasteiger partial charge in [0, 0.05) is 17.0 Å². The lowest BCUT2D eigenvalue weighted by molar-refractivity contribution is 0.280. The molecule has 0 heterocycles. The van der Waals surface area contributed by atoms with Gasteiger partial charge in [-0.3, -0.25) is 0 Å². The van der Waals surface area contributed by atoms with E-state index < -0.39 is 16.6 Å². The zero-order chi connectivity index (χ0) is 25.6. The third kappa shape index (κ3) is 6.88. The summed E-state index contributed by atoms with van der Waals surface area (Å²) in [6.45, 7) is 5.94. The van der Waals surface area contributed by atoms with Gasteiger partial charge in [0.15, 0.2) is 4.90 Å². The number of nitrogens with zero attached hydrogens (tertiary/aromatic N) is 2. The molecular formula is C29H30ClN3OS. The van der Waals surface area contributed by atoms with E-state index in [2.05, 4.69) is 24.4 Å². The summed E-state index contributed by atoms with van der Waals surface area (Å²) in [5.74, 6) is 0.0324. The molecule has 0 radical (unpaired) electrons. The maximum atomic E-state index is 12.1. The van der Waals surface area contributed by atoms with Gasteiger partial charge < -0.3 is 9.87 Å². The van der Waals surface area contributed by atoms with Gasteiger partial charge in [-0.1, -0.05) is 48.0 Å². The molecule has 180 valence electrons. The second kappa shape index (κ2) is 11.8. The minimum absolute atomic E-state index is 0.0324. The van der Waals surface area contributed by atoms with Crippen molar-refractivity contribution in [3.8, 4) is 12.1 Å². The Morgan fingerprint density at radius 2 is 1.66 bits per heavy atom. The van der Waals surface area contributed by atoms with Crippen molar-refractivity contribution in [3.63, 3.8) is 0 Å². The molecule has 6 heteroatoms. The number of hydrogen-bond donors (Lipinski definition) is 1. The maximum Gasteiger partial charge on any atom is 0.152 e. The molecule has 2 unspecified atom stereocenters. The van der Waals surface area contributed by atoms with Gasteiger partial charge in [-0.15, -0.1) is 0 Å². The molecule has 0 amide bonds. The Morgan fingerprint density at radius 3 is 2.29 bits per heavy atom. The van der Waals surface area contributed by atoms with Crippen LogP contribution in [0, 0.1) is 28.1 Å². The van der Waals surface area contributed by atoms with Crippen LogP contribution in [0.3, 0.4) is 0 Å². The number of rotatable bonds is 9. The summed E-state index contributed by atoms with van der Waals surface area (Å²) in [5.41, 5.74) is 3.00. The number of nitrogens with one attached hydrogen (secondary N) is 1. The van der Waals surface area contributed by atoms with Crippen molar-refractivity contribution >= 4 is 22.8 Å². The van der Waals surface area contributed by atoms with Crippen LogP contribution >= 0.6 is 11.6 Å². The molecule has 1 N–H and O–H groups in total. The first kappa shape index (κ1) is 26.8. The van der Waals surface area contributed by atoms with E-state index in [1.807, 2.05) is 80.6 Å². The fourth-order valence-electron chi connectivity index (χ4n) is 4.33. The summed E-state index contributed by atoms with van der Waals surface area (Å²) < 4.78 is 12.1. The molecule has 0 aliphatic heterocycles. The maximum absolute atomic E-state index is 12.1. The molecule has 3 aromatic carbocycles. The molecule has 35 heavy (non-hydrogen) atoms. The van der Waals surface area contributed by atoms with Gasteiger partial charge in [0.1, 0.15) is 6.26 Å². The molecule has 0 spiro atoms. The zero-order valence-electron chi connectivity index (χ0n) is 20.5. The highest BCUT2D eigenvalue weighted by atomic mass is 35.5. The molecule has 0 fully saturated rings. The average Bonchev–Trinajstić information content (AvgIpc) is 2.86. The van der Waals surface area contributed by atoms with Crippen LogP contribution in [0.15, 0.2) is 77.7 Å². The van der Waals surface area contributed by atoms with E-state index in [0.717, 1.165) is 28.0 Å². The summed E-state index contributed by atoms with van der Waals surface area (Å²) in [5, 5.41) is 23.9. The highest BCUT2D eigenvalue weighted by molar-refractivity contribution is 7.90. The Labute approximate surface area is 216 Å². The lowest BCUT2D eigenvalue weighted by atomic mass is 9.79. The third-order valence-corrected chi connectivity index (χ3v) is 7.55. The summed E-state index contributed by atoms with van der Waals surface area (Å²) in [4.78, 5) is 0.732. The normalized spacial score (nSPS) is 14.9. The van der Waals surface area contributed by atoms with Gasteiger partial charge in [0.2, 0.25) is 0 Å². The highest BCUT2D eigenvalue weighted by Crippen LogP contribution is 2.36. The van der Waals surface area contributed by atoms with Crippen molar-refractivity contribution in [2.24, 2.45) is 5.41 Å². The van der Waals surface area contributed by atoms with Crippen molar-refractivity contribution in [3.05, 3.63) is 100 Å². The molecule has 0 saturated carbocycles. The van der Waals surface area contributed by atoms with Gasteiger partial charge in [-0.2, -0.15) is 10.5 Å². The fourth-order valence-corrected chi connectivity index (χ4v) is 5.03. The molecule has 0 aromatic heterocycles. The Kier molecular flexibility index (Phi) is 9.00. The van der Waals surface area contributed by atoms with Crippen LogP contribution < -0.4 is 5.32 Å². The van der Waals surface area contributed by atoms with Crippen molar-refractivity contribution in [1.82, 2.24) is 5.32 Å². The number of hydrogen-bond acceptors (Lipinski definition) is 4. The average molecular weight is 504 g/mol.